The zero-order chi connectivity index (χ0) is 16.2. The van der Waals surface area contributed by atoms with E-state index in [1.807, 2.05) is 0 Å². The molecule has 0 aromatic rings. The second-order valence-corrected chi connectivity index (χ2v) is 5.50. The topological polar surface area (TPSA) is 136 Å². The van der Waals surface area contributed by atoms with Crippen molar-refractivity contribution in [2.45, 2.75) is 38.0 Å². The standard InChI is InChI=1S/C12H20N2O7/c1-12(2)6-14(4-7(5-15)21-12)11(20)13-8(10(18)19)3-9(16)17/h7-8,15H,3-6H2,1-2H3,(H,13,20)(H,16,17)(H,18,19)/t7?,8-/m0/s1. The summed E-state index contributed by atoms with van der Waals surface area (Å²) in [6.07, 6.45) is -1.28. The van der Waals surface area contributed by atoms with Crippen molar-refractivity contribution in [1.82, 2.24) is 10.2 Å². The van der Waals surface area contributed by atoms with Gasteiger partial charge in [0, 0.05) is 0 Å². The lowest BCUT2D eigenvalue weighted by Gasteiger charge is -2.42. The van der Waals surface area contributed by atoms with E-state index in [1.165, 1.54) is 4.90 Å². The van der Waals surface area contributed by atoms with E-state index < -0.39 is 42.1 Å². The molecule has 0 radical (unpaired) electrons. The van der Waals surface area contributed by atoms with Crippen LogP contribution in [0.25, 0.3) is 0 Å². The van der Waals surface area contributed by atoms with E-state index in [2.05, 4.69) is 5.32 Å². The summed E-state index contributed by atoms with van der Waals surface area (Å²) in [5.41, 5.74) is -0.686. The van der Waals surface area contributed by atoms with Crippen LogP contribution < -0.4 is 5.32 Å². The minimum Gasteiger partial charge on any atom is -0.481 e. The fourth-order valence-electron chi connectivity index (χ4n) is 2.16. The lowest BCUT2D eigenvalue weighted by molar-refractivity contribution is -0.146. The molecule has 2 atom stereocenters. The third-order valence-electron chi connectivity index (χ3n) is 2.95. The van der Waals surface area contributed by atoms with Crippen LogP contribution in [0, 0.1) is 0 Å². The molecule has 0 bridgehead atoms. The highest BCUT2D eigenvalue weighted by Crippen LogP contribution is 2.20. The van der Waals surface area contributed by atoms with Gasteiger partial charge in [-0.05, 0) is 13.8 Å². The molecular weight excluding hydrogens is 284 g/mol. The molecule has 1 heterocycles. The molecule has 1 fully saturated rings. The summed E-state index contributed by atoms with van der Waals surface area (Å²) in [6.45, 7) is 3.51. The Labute approximate surface area is 121 Å². The van der Waals surface area contributed by atoms with Crippen molar-refractivity contribution in [3.63, 3.8) is 0 Å². The third kappa shape index (κ3) is 5.20. The maximum atomic E-state index is 12.1. The molecule has 9 nitrogen and oxygen atoms in total. The first-order chi connectivity index (χ1) is 9.64. The van der Waals surface area contributed by atoms with Crippen molar-refractivity contribution in [3.05, 3.63) is 0 Å². The normalized spacial score (nSPS) is 22.4. The highest BCUT2D eigenvalue weighted by molar-refractivity contribution is 5.86. The number of aliphatic carboxylic acids is 2. The number of nitrogens with zero attached hydrogens (tertiary/aromatic N) is 1. The number of carboxylic acids is 2. The first-order valence-corrected chi connectivity index (χ1v) is 6.43. The molecule has 0 aromatic carbocycles. The van der Waals surface area contributed by atoms with Crippen molar-refractivity contribution >= 4 is 18.0 Å². The Balaban J connectivity index is 2.72. The quantitative estimate of drug-likeness (QED) is 0.516. The summed E-state index contributed by atoms with van der Waals surface area (Å²) in [6, 6.07) is -2.20. The molecule has 4 N–H and O–H groups in total. The van der Waals surface area contributed by atoms with Gasteiger partial charge in [-0.2, -0.15) is 0 Å². The Morgan fingerprint density at radius 2 is 2.00 bits per heavy atom. The average molecular weight is 304 g/mol. The van der Waals surface area contributed by atoms with Gasteiger partial charge in [0.25, 0.3) is 0 Å². The molecule has 1 aliphatic rings. The van der Waals surface area contributed by atoms with Gasteiger partial charge < -0.3 is 30.3 Å². The van der Waals surface area contributed by atoms with Crippen LogP contribution in [-0.2, 0) is 14.3 Å². The lowest BCUT2D eigenvalue weighted by atomic mass is 10.1. The number of urea groups is 1. The Bertz CT molecular complexity index is 424. The van der Waals surface area contributed by atoms with Crippen molar-refractivity contribution < 1.29 is 34.4 Å². The predicted molar refractivity (Wildman–Crippen MR) is 69.8 cm³/mol. The Kier molecular flexibility index (Phi) is 5.50. The molecule has 1 unspecified atom stereocenters. The van der Waals surface area contributed by atoms with Crippen molar-refractivity contribution in [1.29, 1.82) is 0 Å². The second kappa shape index (κ2) is 6.72. The monoisotopic (exact) mass is 304 g/mol. The fraction of sp³-hybridized carbons (Fsp3) is 0.750. The number of hydrogen-bond donors (Lipinski definition) is 4. The molecular formula is C12H20N2O7. The SMILES string of the molecule is CC1(C)CN(C(=O)N[C@@H](CC(=O)O)C(=O)O)CC(CO)O1. The maximum absolute atomic E-state index is 12.1. The molecule has 9 heteroatoms. The van der Waals surface area contributed by atoms with Gasteiger partial charge in [-0.25, -0.2) is 9.59 Å². The van der Waals surface area contributed by atoms with Crippen molar-refractivity contribution in [3.8, 4) is 0 Å². The molecule has 0 aliphatic carbocycles. The molecule has 2 amide bonds. The molecule has 1 rings (SSSR count). The zero-order valence-electron chi connectivity index (χ0n) is 11.9. The van der Waals surface area contributed by atoms with Gasteiger partial charge >= 0.3 is 18.0 Å². The zero-order valence-corrected chi connectivity index (χ0v) is 11.9. The highest BCUT2D eigenvalue weighted by atomic mass is 16.5. The predicted octanol–water partition coefficient (Wildman–Crippen LogP) is -0.904. The summed E-state index contributed by atoms with van der Waals surface area (Å²) in [7, 11) is 0. The minimum absolute atomic E-state index is 0.102. The Morgan fingerprint density at radius 3 is 2.48 bits per heavy atom. The first kappa shape index (κ1) is 17.2. The molecule has 21 heavy (non-hydrogen) atoms. The smallest absolute Gasteiger partial charge is 0.326 e. The van der Waals surface area contributed by atoms with Crippen LogP contribution in [0.5, 0.6) is 0 Å². The van der Waals surface area contributed by atoms with Gasteiger partial charge in [0.2, 0.25) is 0 Å². The summed E-state index contributed by atoms with van der Waals surface area (Å²) in [5, 5.41) is 28.9. The number of morpholine rings is 1. The molecule has 120 valence electrons. The highest BCUT2D eigenvalue weighted by Gasteiger charge is 2.36. The van der Waals surface area contributed by atoms with E-state index in [0.29, 0.717) is 0 Å². The minimum atomic E-state index is -1.51. The Morgan fingerprint density at radius 1 is 1.38 bits per heavy atom. The van der Waals surface area contributed by atoms with Crippen LogP contribution >= 0.6 is 0 Å². The fourth-order valence-corrected chi connectivity index (χ4v) is 2.16. The molecule has 1 aliphatic heterocycles. The van der Waals surface area contributed by atoms with Gasteiger partial charge in [-0.1, -0.05) is 0 Å². The van der Waals surface area contributed by atoms with Gasteiger partial charge in [-0.3, -0.25) is 4.79 Å². The largest absolute Gasteiger partial charge is 0.481 e. The third-order valence-corrected chi connectivity index (χ3v) is 2.95. The van der Waals surface area contributed by atoms with Crippen LogP contribution in [0.1, 0.15) is 20.3 Å². The number of amides is 2. The van der Waals surface area contributed by atoms with Gasteiger partial charge in [-0.15, -0.1) is 0 Å². The first-order valence-electron chi connectivity index (χ1n) is 6.43. The number of aliphatic hydroxyl groups excluding tert-OH is 1. The van der Waals surface area contributed by atoms with Crippen molar-refractivity contribution in [2.24, 2.45) is 0 Å². The number of carbonyl (C=O) groups is 3. The van der Waals surface area contributed by atoms with Gasteiger partial charge in [0.15, 0.2) is 0 Å². The van der Waals surface area contributed by atoms with Crippen LogP contribution in [0.15, 0.2) is 0 Å². The number of aliphatic hydroxyl groups is 1. The summed E-state index contributed by atoms with van der Waals surface area (Å²) in [5.74, 6) is -2.74. The van der Waals surface area contributed by atoms with E-state index in [0.717, 1.165) is 0 Å². The number of carbonyl (C=O) groups excluding carboxylic acids is 1. The van der Waals surface area contributed by atoms with Gasteiger partial charge in [0.05, 0.1) is 37.8 Å². The van der Waals surface area contributed by atoms with Gasteiger partial charge in [0.1, 0.15) is 6.04 Å². The molecule has 1 saturated heterocycles. The summed E-state index contributed by atoms with van der Waals surface area (Å²) < 4.78 is 5.54. The maximum Gasteiger partial charge on any atom is 0.326 e. The summed E-state index contributed by atoms with van der Waals surface area (Å²) in [4.78, 5) is 34.9. The molecule has 0 aromatic heterocycles. The molecule has 0 saturated carbocycles. The number of nitrogens with one attached hydrogen (secondary N) is 1. The van der Waals surface area contributed by atoms with Crippen LogP contribution in [0.3, 0.4) is 0 Å². The summed E-state index contributed by atoms with van der Waals surface area (Å²) >= 11 is 0. The number of carboxylic acid groups (broad SMARTS) is 2. The van der Waals surface area contributed by atoms with Crippen LogP contribution in [0.2, 0.25) is 0 Å². The number of ether oxygens (including phenoxy) is 1. The van der Waals surface area contributed by atoms with Crippen LogP contribution in [-0.4, -0.2) is 75.6 Å². The van der Waals surface area contributed by atoms with Crippen LogP contribution in [0.4, 0.5) is 4.79 Å². The number of hydrogen-bond acceptors (Lipinski definition) is 5. The van der Waals surface area contributed by atoms with Crippen molar-refractivity contribution in [2.75, 3.05) is 19.7 Å². The average Bonchev–Trinajstić information content (AvgIpc) is 2.35. The molecule has 0 spiro atoms. The van der Waals surface area contributed by atoms with E-state index >= 15 is 0 Å². The van der Waals surface area contributed by atoms with E-state index in [-0.39, 0.29) is 19.7 Å². The van der Waals surface area contributed by atoms with E-state index in [1.54, 1.807) is 13.8 Å². The van der Waals surface area contributed by atoms with E-state index in [9.17, 15) is 14.4 Å². The number of rotatable bonds is 5. The van der Waals surface area contributed by atoms with E-state index in [4.69, 9.17) is 20.1 Å². The Hall–Kier alpha value is -1.87. The lowest BCUT2D eigenvalue weighted by Crippen LogP contribution is -2.59. The second-order valence-electron chi connectivity index (χ2n) is 5.50.